The van der Waals surface area contributed by atoms with Crippen LogP contribution in [0.4, 0.5) is 0 Å². The Labute approximate surface area is 92.7 Å². The minimum atomic E-state index is 0.416. The van der Waals surface area contributed by atoms with Gasteiger partial charge in [-0.3, -0.25) is 0 Å². The Hall–Kier alpha value is -0.820. The lowest BCUT2D eigenvalue weighted by atomic mass is 10.0. The fraction of sp³-hybridized carbons (Fsp3) is 0.571. The van der Waals surface area contributed by atoms with E-state index >= 15 is 0 Å². The van der Waals surface area contributed by atoms with E-state index in [4.69, 9.17) is 5.73 Å². The Morgan fingerprint density at radius 3 is 2.53 bits per heavy atom. The van der Waals surface area contributed by atoms with Crippen molar-refractivity contribution in [2.75, 3.05) is 0 Å². The zero-order chi connectivity index (χ0) is 10.7. The van der Waals surface area contributed by atoms with Gasteiger partial charge >= 0.3 is 0 Å². The molecule has 0 radical (unpaired) electrons. The summed E-state index contributed by atoms with van der Waals surface area (Å²) in [6.07, 6.45) is 6.34. The number of hydrogen-bond acceptors (Lipinski definition) is 1. The SMILES string of the molecule is Cc1ccc(CCC(N)CC2CC2)cc1. The van der Waals surface area contributed by atoms with Crippen LogP contribution in [0.15, 0.2) is 24.3 Å². The highest BCUT2D eigenvalue weighted by Gasteiger charge is 2.23. The topological polar surface area (TPSA) is 26.0 Å². The molecule has 1 fully saturated rings. The second-order valence-electron chi connectivity index (χ2n) is 4.96. The van der Waals surface area contributed by atoms with Gasteiger partial charge in [-0.2, -0.15) is 0 Å². The van der Waals surface area contributed by atoms with E-state index in [9.17, 15) is 0 Å². The quantitative estimate of drug-likeness (QED) is 0.782. The van der Waals surface area contributed by atoms with E-state index in [1.165, 1.54) is 30.4 Å². The molecule has 0 heterocycles. The lowest BCUT2D eigenvalue weighted by molar-refractivity contribution is 0.534. The monoisotopic (exact) mass is 203 g/mol. The standard InChI is InChI=1S/C14H21N/c1-11-2-4-12(5-3-11)8-9-14(15)10-13-6-7-13/h2-5,13-14H,6-10,15H2,1H3. The molecule has 2 rings (SSSR count). The third kappa shape index (κ3) is 3.67. The highest BCUT2D eigenvalue weighted by molar-refractivity contribution is 5.21. The van der Waals surface area contributed by atoms with Crippen LogP contribution in [0.2, 0.25) is 0 Å². The summed E-state index contributed by atoms with van der Waals surface area (Å²) in [5.74, 6) is 0.956. The van der Waals surface area contributed by atoms with Crippen molar-refractivity contribution < 1.29 is 0 Å². The molecule has 0 amide bonds. The summed E-state index contributed by atoms with van der Waals surface area (Å²) in [5.41, 5.74) is 8.85. The average Bonchev–Trinajstić information content (AvgIpc) is 3.01. The van der Waals surface area contributed by atoms with Gasteiger partial charge in [-0.1, -0.05) is 42.7 Å². The predicted octanol–water partition coefficient (Wildman–Crippen LogP) is 3.06. The number of aryl methyl sites for hydroxylation is 2. The summed E-state index contributed by atoms with van der Waals surface area (Å²) < 4.78 is 0. The van der Waals surface area contributed by atoms with Crippen LogP contribution in [-0.2, 0) is 6.42 Å². The fourth-order valence-electron chi connectivity index (χ4n) is 2.01. The van der Waals surface area contributed by atoms with Crippen molar-refractivity contribution in [1.29, 1.82) is 0 Å². The first kappa shape index (κ1) is 10.7. The number of benzene rings is 1. The van der Waals surface area contributed by atoms with E-state index in [-0.39, 0.29) is 0 Å². The molecular formula is C14H21N. The van der Waals surface area contributed by atoms with Crippen LogP contribution in [0, 0.1) is 12.8 Å². The molecule has 82 valence electrons. The molecule has 1 unspecified atom stereocenters. The minimum Gasteiger partial charge on any atom is -0.328 e. The normalized spacial score (nSPS) is 17.7. The summed E-state index contributed by atoms with van der Waals surface area (Å²) in [4.78, 5) is 0. The zero-order valence-electron chi connectivity index (χ0n) is 9.58. The van der Waals surface area contributed by atoms with Gasteiger partial charge in [0, 0.05) is 6.04 Å². The molecule has 0 saturated heterocycles. The summed E-state index contributed by atoms with van der Waals surface area (Å²) >= 11 is 0. The highest BCUT2D eigenvalue weighted by atomic mass is 14.6. The minimum absolute atomic E-state index is 0.416. The predicted molar refractivity (Wildman–Crippen MR) is 64.8 cm³/mol. The van der Waals surface area contributed by atoms with E-state index in [2.05, 4.69) is 31.2 Å². The van der Waals surface area contributed by atoms with Gasteiger partial charge in [0.15, 0.2) is 0 Å². The first-order valence-electron chi connectivity index (χ1n) is 6.05. The Morgan fingerprint density at radius 2 is 1.93 bits per heavy atom. The van der Waals surface area contributed by atoms with Crippen molar-refractivity contribution >= 4 is 0 Å². The molecule has 1 aliphatic carbocycles. The molecule has 1 aliphatic rings. The Kier molecular flexibility index (Phi) is 3.42. The van der Waals surface area contributed by atoms with Gasteiger partial charge < -0.3 is 5.73 Å². The van der Waals surface area contributed by atoms with Crippen molar-refractivity contribution in [3.63, 3.8) is 0 Å². The molecule has 1 heteroatoms. The first-order valence-corrected chi connectivity index (χ1v) is 6.05. The van der Waals surface area contributed by atoms with Gasteiger partial charge in [-0.15, -0.1) is 0 Å². The first-order chi connectivity index (χ1) is 7.24. The molecule has 1 aromatic rings. The van der Waals surface area contributed by atoms with E-state index in [1.807, 2.05) is 0 Å². The van der Waals surface area contributed by atoms with Gasteiger partial charge in [0.25, 0.3) is 0 Å². The number of hydrogen-bond donors (Lipinski definition) is 1. The maximum Gasteiger partial charge on any atom is 0.00446 e. The largest absolute Gasteiger partial charge is 0.328 e. The van der Waals surface area contributed by atoms with Crippen molar-refractivity contribution in [1.82, 2.24) is 0 Å². The van der Waals surface area contributed by atoms with E-state index in [0.29, 0.717) is 6.04 Å². The second kappa shape index (κ2) is 4.80. The van der Waals surface area contributed by atoms with Gasteiger partial charge in [-0.05, 0) is 37.7 Å². The number of rotatable bonds is 5. The smallest absolute Gasteiger partial charge is 0.00446 e. The maximum absolute atomic E-state index is 6.09. The van der Waals surface area contributed by atoms with Gasteiger partial charge in [0.2, 0.25) is 0 Å². The molecule has 2 N–H and O–H groups in total. The van der Waals surface area contributed by atoms with E-state index < -0.39 is 0 Å². The van der Waals surface area contributed by atoms with Gasteiger partial charge in [0.05, 0.1) is 0 Å². The summed E-state index contributed by atoms with van der Waals surface area (Å²) in [5, 5.41) is 0. The van der Waals surface area contributed by atoms with Crippen LogP contribution in [0.3, 0.4) is 0 Å². The Balaban J connectivity index is 1.74. The van der Waals surface area contributed by atoms with Crippen LogP contribution in [0.25, 0.3) is 0 Å². The van der Waals surface area contributed by atoms with Crippen molar-refractivity contribution in [2.45, 2.75) is 45.1 Å². The van der Waals surface area contributed by atoms with Crippen LogP contribution < -0.4 is 5.73 Å². The summed E-state index contributed by atoms with van der Waals surface area (Å²) in [7, 11) is 0. The van der Waals surface area contributed by atoms with Crippen molar-refractivity contribution in [2.24, 2.45) is 11.7 Å². The van der Waals surface area contributed by atoms with Crippen LogP contribution in [-0.4, -0.2) is 6.04 Å². The van der Waals surface area contributed by atoms with Crippen LogP contribution >= 0.6 is 0 Å². The number of nitrogens with two attached hydrogens (primary N) is 1. The molecule has 0 spiro atoms. The molecule has 1 nitrogen and oxygen atoms in total. The van der Waals surface area contributed by atoms with Crippen LogP contribution in [0.1, 0.15) is 36.8 Å². The third-order valence-electron chi connectivity index (χ3n) is 3.26. The molecule has 15 heavy (non-hydrogen) atoms. The molecule has 1 aromatic carbocycles. The maximum atomic E-state index is 6.09. The second-order valence-corrected chi connectivity index (χ2v) is 4.96. The molecule has 1 saturated carbocycles. The van der Waals surface area contributed by atoms with E-state index in [0.717, 1.165) is 18.8 Å². The van der Waals surface area contributed by atoms with Crippen LogP contribution in [0.5, 0.6) is 0 Å². The molecule has 0 aliphatic heterocycles. The Morgan fingerprint density at radius 1 is 1.27 bits per heavy atom. The van der Waals surface area contributed by atoms with Crippen molar-refractivity contribution in [3.8, 4) is 0 Å². The van der Waals surface area contributed by atoms with E-state index in [1.54, 1.807) is 0 Å². The summed E-state index contributed by atoms with van der Waals surface area (Å²) in [6.45, 7) is 2.13. The fourth-order valence-corrected chi connectivity index (χ4v) is 2.01. The van der Waals surface area contributed by atoms with Crippen molar-refractivity contribution in [3.05, 3.63) is 35.4 Å². The average molecular weight is 203 g/mol. The van der Waals surface area contributed by atoms with Gasteiger partial charge in [0.1, 0.15) is 0 Å². The molecule has 0 bridgehead atoms. The summed E-state index contributed by atoms with van der Waals surface area (Å²) in [6, 6.07) is 9.22. The lowest BCUT2D eigenvalue weighted by Crippen LogP contribution is -2.21. The lowest BCUT2D eigenvalue weighted by Gasteiger charge is -2.10. The zero-order valence-corrected chi connectivity index (χ0v) is 9.58. The van der Waals surface area contributed by atoms with Gasteiger partial charge in [-0.25, -0.2) is 0 Å². The molecule has 1 atom stereocenters. The molecular weight excluding hydrogens is 182 g/mol. The highest BCUT2D eigenvalue weighted by Crippen LogP contribution is 2.33. The third-order valence-corrected chi connectivity index (χ3v) is 3.26. The molecule has 0 aromatic heterocycles. The Bertz CT molecular complexity index is 298.